The number of benzene rings is 3. The maximum atomic E-state index is 14.0. The molecule has 12 heteroatoms. The van der Waals surface area contributed by atoms with Crippen molar-refractivity contribution in [3.8, 4) is 22.8 Å². The molecule has 0 spiro atoms. The van der Waals surface area contributed by atoms with Crippen molar-refractivity contribution in [1.29, 1.82) is 0 Å². The molecular weight excluding hydrogens is 555 g/mol. The summed E-state index contributed by atoms with van der Waals surface area (Å²) < 4.78 is 53.8. The number of anilines is 1. The summed E-state index contributed by atoms with van der Waals surface area (Å²) >= 11 is 1.22. The SMILES string of the molecule is COc1ccc(CN(c2nccs2)S(=O)(=O)c2ccc3c(-c4ccc(F)cc4OCC(N)=O)nccc3c2)cc1. The number of nitrogens with zero attached hydrogens (tertiary/aromatic N) is 3. The van der Waals surface area contributed by atoms with Gasteiger partial charge in [-0.05, 0) is 53.4 Å². The highest BCUT2D eigenvalue weighted by Crippen LogP contribution is 2.36. The van der Waals surface area contributed by atoms with Gasteiger partial charge in [0, 0.05) is 34.8 Å². The van der Waals surface area contributed by atoms with E-state index in [9.17, 15) is 17.6 Å². The van der Waals surface area contributed by atoms with Crippen LogP contribution in [0.15, 0.2) is 89.4 Å². The topological polar surface area (TPSA) is 125 Å². The Balaban J connectivity index is 1.55. The third-order valence-electron chi connectivity index (χ3n) is 6.01. The predicted molar refractivity (Wildman–Crippen MR) is 150 cm³/mol. The van der Waals surface area contributed by atoms with Crippen LogP contribution in [-0.4, -0.2) is 38.0 Å². The fourth-order valence-electron chi connectivity index (χ4n) is 4.11. The minimum Gasteiger partial charge on any atom is -0.497 e. The van der Waals surface area contributed by atoms with E-state index in [1.165, 1.54) is 40.0 Å². The van der Waals surface area contributed by atoms with Crippen LogP contribution in [0.25, 0.3) is 22.0 Å². The molecule has 0 aliphatic carbocycles. The smallest absolute Gasteiger partial charge is 0.266 e. The molecule has 0 saturated carbocycles. The van der Waals surface area contributed by atoms with Gasteiger partial charge in [0.05, 0.1) is 24.2 Å². The zero-order valence-electron chi connectivity index (χ0n) is 21.2. The van der Waals surface area contributed by atoms with Gasteiger partial charge >= 0.3 is 0 Å². The molecular formula is C28H23FN4O5S2. The lowest BCUT2D eigenvalue weighted by molar-refractivity contribution is -0.119. The van der Waals surface area contributed by atoms with E-state index in [0.29, 0.717) is 32.9 Å². The summed E-state index contributed by atoms with van der Waals surface area (Å²) in [6.07, 6.45) is 3.07. The molecule has 3 aromatic carbocycles. The van der Waals surface area contributed by atoms with Crippen molar-refractivity contribution < 1.29 is 27.1 Å². The number of carbonyl (C=O) groups is 1. The molecule has 0 aliphatic heterocycles. The van der Waals surface area contributed by atoms with Crippen molar-refractivity contribution in [2.45, 2.75) is 11.4 Å². The van der Waals surface area contributed by atoms with Gasteiger partial charge in [0.2, 0.25) is 0 Å². The fourth-order valence-corrected chi connectivity index (χ4v) is 6.42. The van der Waals surface area contributed by atoms with Crippen LogP contribution in [0.3, 0.4) is 0 Å². The van der Waals surface area contributed by atoms with Gasteiger partial charge in [-0.3, -0.25) is 9.78 Å². The van der Waals surface area contributed by atoms with Crippen LogP contribution in [-0.2, 0) is 21.4 Å². The van der Waals surface area contributed by atoms with E-state index in [0.717, 1.165) is 11.6 Å². The van der Waals surface area contributed by atoms with Gasteiger partial charge in [-0.1, -0.05) is 18.2 Å². The zero-order valence-corrected chi connectivity index (χ0v) is 22.8. The van der Waals surface area contributed by atoms with Crippen molar-refractivity contribution in [3.05, 3.63) is 95.9 Å². The van der Waals surface area contributed by atoms with E-state index in [1.807, 2.05) is 0 Å². The molecule has 40 heavy (non-hydrogen) atoms. The van der Waals surface area contributed by atoms with Crippen LogP contribution >= 0.6 is 11.3 Å². The molecule has 5 rings (SSSR count). The molecule has 0 saturated heterocycles. The number of methoxy groups -OCH3 is 1. The van der Waals surface area contributed by atoms with Gasteiger partial charge < -0.3 is 15.2 Å². The number of hydrogen-bond acceptors (Lipinski definition) is 8. The molecule has 2 aromatic heterocycles. The molecule has 9 nitrogen and oxygen atoms in total. The van der Waals surface area contributed by atoms with Gasteiger partial charge in [0.1, 0.15) is 17.3 Å². The Kier molecular flexibility index (Phi) is 7.63. The number of thiazole rings is 1. The maximum absolute atomic E-state index is 14.0. The lowest BCUT2D eigenvalue weighted by Crippen LogP contribution is -2.30. The predicted octanol–water partition coefficient (Wildman–Crippen LogP) is 4.77. The van der Waals surface area contributed by atoms with Crippen molar-refractivity contribution in [2.75, 3.05) is 18.0 Å². The first-order valence-corrected chi connectivity index (χ1v) is 14.2. The van der Waals surface area contributed by atoms with E-state index in [2.05, 4.69) is 9.97 Å². The number of hydrogen-bond donors (Lipinski definition) is 1. The van der Waals surface area contributed by atoms with Crippen LogP contribution in [0, 0.1) is 5.82 Å². The highest BCUT2D eigenvalue weighted by Gasteiger charge is 2.28. The van der Waals surface area contributed by atoms with Crippen LogP contribution in [0.2, 0.25) is 0 Å². The minimum atomic E-state index is -4.03. The first-order valence-electron chi connectivity index (χ1n) is 11.9. The molecule has 2 N–H and O–H groups in total. The van der Waals surface area contributed by atoms with Gasteiger partial charge in [0.25, 0.3) is 15.9 Å². The summed E-state index contributed by atoms with van der Waals surface area (Å²) in [4.78, 5) is 20.0. The number of fused-ring (bicyclic) bond motifs is 1. The number of carbonyl (C=O) groups excluding carboxylic acids is 1. The molecule has 0 unspecified atom stereocenters. The highest BCUT2D eigenvalue weighted by atomic mass is 32.2. The van der Waals surface area contributed by atoms with Crippen molar-refractivity contribution >= 4 is 43.2 Å². The molecule has 0 atom stereocenters. The summed E-state index contributed by atoms with van der Waals surface area (Å²) in [7, 11) is -2.47. The maximum Gasteiger partial charge on any atom is 0.266 e. The number of ether oxygens (including phenoxy) is 2. The Hall–Kier alpha value is -4.55. The second kappa shape index (κ2) is 11.3. The third-order valence-corrected chi connectivity index (χ3v) is 8.65. The molecule has 2 heterocycles. The summed E-state index contributed by atoms with van der Waals surface area (Å²) in [6, 6.07) is 17.4. The number of rotatable bonds is 10. The van der Waals surface area contributed by atoms with E-state index in [-0.39, 0.29) is 17.2 Å². The van der Waals surface area contributed by atoms with E-state index in [1.54, 1.807) is 61.2 Å². The van der Waals surface area contributed by atoms with Gasteiger partial charge in [0.15, 0.2) is 11.7 Å². The van der Waals surface area contributed by atoms with E-state index < -0.39 is 28.4 Å². The zero-order chi connectivity index (χ0) is 28.3. The quantitative estimate of drug-likeness (QED) is 0.253. The number of primary amides is 1. The van der Waals surface area contributed by atoms with Crippen molar-refractivity contribution in [3.63, 3.8) is 0 Å². The molecule has 5 aromatic rings. The second-order valence-corrected chi connectivity index (χ2v) is 11.3. The van der Waals surface area contributed by atoms with Crippen LogP contribution in [0.5, 0.6) is 11.5 Å². The summed E-state index contributed by atoms with van der Waals surface area (Å²) in [5.41, 5.74) is 6.80. The van der Waals surface area contributed by atoms with Crippen LogP contribution in [0.1, 0.15) is 5.56 Å². The van der Waals surface area contributed by atoms with Crippen LogP contribution in [0.4, 0.5) is 9.52 Å². The molecule has 0 radical (unpaired) electrons. The van der Waals surface area contributed by atoms with Crippen LogP contribution < -0.4 is 19.5 Å². The first-order chi connectivity index (χ1) is 19.3. The lowest BCUT2D eigenvalue weighted by atomic mass is 10.0. The van der Waals surface area contributed by atoms with Gasteiger partial charge in [-0.2, -0.15) is 0 Å². The van der Waals surface area contributed by atoms with Gasteiger partial charge in [-0.15, -0.1) is 11.3 Å². The average Bonchev–Trinajstić information content (AvgIpc) is 3.49. The van der Waals surface area contributed by atoms with Crippen molar-refractivity contribution in [2.24, 2.45) is 5.73 Å². The first kappa shape index (κ1) is 27.0. The number of halogens is 1. The number of aromatic nitrogens is 2. The monoisotopic (exact) mass is 578 g/mol. The molecule has 204 valence electrons. The molecule has 0 bridgehead atoms. The Morgan fingerprint density at radius 1 is 1.02 bits per heavy atom. The standard InChI is InChI=1S/C28H23FN4O5S2/c1-37-21-5-2-18(3-6-21)16-33(28-32-12-13-39-28)40(35,36)22-7-9-23-19(14-22)10-11-31-27(23)24-8-4-20(29)15-25(24)38-17-26(30)34/h2-15H,16-17H2,1H3,(H2,30,34). The lowest BCUT2D eigenvalue weighted by Gasteiger charge is -2.22. The summed E-state index contributed by atoms with van der Waals surface area (Å²) in [5.74, 6) is -0.521. The number of nitrogens with two attached hydrogens (primary N) is 1. The molecule has 1 amide bonds. The molecule has 0 aliphatic rings. The van der Waals surface area contributed by atoms with E-state index in [4.69, 9.17) is 15.2 Å². The van der Waals surface area contributed by atoms with E-state index >= 15 is 0 Å². The largest absolute Gasteiger partial charge is 0.497 e. The van der Waals surface area contributed by atoms with Gasteiger partial charge in [-0.25, -0.2) is 22.1 Å². The fraction of sp³-hybridized carbons (Fsp3) is 0.107. The normalized spacial score (nSPS) is 11.3. The highest BCUT2D eigenvalue weighted by molar-refractivity contribution is 7.93. The number of amides is 1. The Morgan fingerprint density at radius 2 is 1.82 bits per heavy atom. The summed E-state index contributed by atoms with van der Waals surface area (Å²) in [5, 5.41) is 3.23. The number of sulfonamides is 1. The molecule has 0 fully saturated rings. The second-order valence-electron chi connectivity index (χ2n) is 8.61. The third kappa shape index (κ3) is 5.58. The van der Waals surface area contributed by atoms with Crippen molar-refractivity contribution in [1.82, 2.24) is 9.97 Å². The Labute approximate surface area is 233 Å². The Bertz CT molecular complexity index is 1780. The Morgan fingerprint density at radius 3 is 2.52 bits per heavy atom. The minimum absolute atomic E-state index is 0.0603. The number of pyridine rings is 1. The average molecular weight is 579 g/mol. The summed E-state index contributed by atoms with van der Waals surface area (Å²) in [6.45, 7) is -0.375.